The number of rotatable bonds is 4. The third-order valence-corrected chi connectivity index (χ3v) is 6.36. The molecule has 0 aliphatic heterocycles. The van der Waals surface area contributed by atoms with Gasteiger partial charge in [0.05, 0.1) is 17.8 Å². The quantitative estimate of drug-likeness (QED) is 0.468. The van der Waals surface area contributed by atoms with Crippen molar-refractivity contribution in [2.75, 3.05) is 5.73 Å². The minimum Gasteiger partial charge on any atom is -0.481 e. The Kier molecular flexibility index (Phi) is 5.04. The van der Waals surface area contributed by atoms with Gasteiger partial charge in [0.25, 0.3) is 0 Å². The van der Waals surface area contributed by atoms with Gasteiger partial charge in [-0.15, -0.1) is 0 Å². The van der Waals surface area contributed by atoms with E-state index in [1.165, 1.54) is 6.33 Å². The van der Waals surface area contributed by atoms with E-state index in [9.17, 15) is 9.90 Å². The highest BCUT2D eigenvalue weighted by Crippen LogP contribution is 2.36. The molecule has 5 rings (SSSR count). The van der Waals surface area contributed by atoms with Crippen LogP contribution in [0.5, 0.6) is 0 Å². The SMILES string of the molecule is Bc1c(N)n2ncc(-c3ccc(-c4cncnc4)nc3)c2nc1[C@H]1CC[C@H](C(=O)O)CC1. The zero-order valence-electron chi connectivity index (χ0n) is 17.6. The molecule has 0 saturated heterocycles. The lowest BCUT2D eigenvalue weighted by Gasteiger charge is -2.27. The summed E-state index contributed by atoms with van der Waals surface area (Å²) in [4.78, 5) is 28.9. The van der Waals surface area contributed by atoms with E-state index in [0.717, 1.165) is 46.4 Å². The lowest BCUT2D eigenvalue weighted by molar-refractivity contribution is -0.142. The molecule has 1 aliphatic carbocycles. The van der Waals surface area contributed by atoms with Crippen LogP contribution in [0.25, 0.3) is 28.0 Å². The van der Waals surface area contributed by atoms with Gasteiger partial charge >= 0.3 is 5.97 Å². The molecule has 0 unspecified atom stereocenters. The van der Waals surface area contributed by atoms with E-state index in [4.69, 9.17) is 10.7 Å². The average Bonchev–Trinajstić information content (AvgIpc) is 3.26. The van der Waals surface area contributed by atoms with Gasteiger partial charge in [-0.25, -0.2) is 15.0 Å². The zero-order valence-corrected chi connectivity index (χ0v) is 17.6. The highest BCUT2D eigenvalue weighted by Gasteiger charge is 2.29. The Hall–Kier alpha value is -3.82. The molecule has 0 atom stereocenters. The van der Waals surface area contributed by atoms with E-state index < -0.39 is 5.97 Å². The number of nitrogen functional groups attached to an aromatic ring is 1. The van der Waals surface area contributed by atoms with Crippen molar-refractivity contribution in [1.82, 2.24) is 29.5 Å². The number of fused-ring (bicyclic) bond motifs is 1. The van der Waals surface area contributed by atoms with Crippen molar-refractivity contribution >= 4 is 30.7 Å². The van der Waals surface area contributed by atoms with Crippen molar-refractivity contribution in [2.45, 2.75) is 31.6 Å². The Labute approximate surface area is 185 Å². The van der Waals surface area contributed by atoms with Crippen molar-refractivity contribution in [2.24, 2.45) is 5.92 Å². The predicted molar refractivity (Wildman–Crippen MR) is 122 cm³/mol. The van der Waals surface area contributed by atoms with Gasteiger partial charge in [-0.1, -0.05) is 6.07 Å². The summed E-state index contributed by atoms with van der Waals surface area (Å²) in [7, 11) is 1.96. The third kappa shape index (κ3) is 3.47. The van der Waals surface area contributed by atoms with Gasteiger partial charge in [-0.2, -0.15) is 9.61 Å². The summed E-state index contributed by atoms with van der Waals surface area (Å²) >= 11 is 0. The summed E-state index contributed by atoms with van der Waals surface area (Å²) < 4.78 is 1.66. The van der Waals surface area contributed by atoms with Crippen LogP contribution in [0.15, 0.2) is 43.2 Å². The first-order valence-electron chi connectivity index (χ1n) is 10.6. The van der Waals surface area contributed by atoms with Crippen LogP contribution >= 0.6 is 0 Å². The Bertz CT molecular complexity index is 1280. The van der Waals surface area contributed by atoms with Crippen LogP contribution < -0.4 is 11.2 Å². The maximum absolute atomic E-state index is 11.3. The van der Waals surface area contributed by atoms with E-state index in [2.05, 4.69) is 20.1 Å². The number of aliphatic carboxylic acids is 1. The van der Waals surface area contributed by atoms with Gasteiger partial charge < -0.3 is 10.8 Å². The normalized spacial score (nSPS) is 18.6. The fourth-order valence-corrected chi connectivity index (χ4v) is 4.48. The molecule has 0 aromatic carbocycles. The first-order chi connectivity index (χ1) is 15.5. The number of aromatic nitrogens is 6. The highest BCUT2D eigenvalue weighted by molar-refractivity contribution is 6.36. The van der Waals surface area contributed by atoms with Crippen molar-refractivity contribution in [1.29, 1.82) is 0 Å². The lowest BCUT2D eigenvalue weighted by Crippen LogP contribution is -2.28. The second-order valence-electron chi connectivity index (χ2n) is 8.25. The largest absolute Gasteiger partial charge is 0.481 e. The van der Waals surface area contributed by atoms with Gasteiger partial charge in [0, 0.05) is 46.9 Å². The van der Waals surface area contributed by atoms with Crippen LogP contribution in [0.2, 0.25) is 0 Å². The Morgan fingerprint density at radius 3 is 2.47 bits per heavy atom. The van der Waals surface area contributed by atoms with Crippen molar-refractivity contribution in [3.8, 4) is 22.4 Å². The number of carbonyl (C=O) groups is 1. The molecule has 4 aromatic rings. The second-order valence-corrected chi connectivity index (χ2v) is 8.25. The molecule has 3 N–H and O–H groups in total. The number of hydrogen-bond acceptors (Lipinski definition) is 7. The van der Waals surface area contributed by atoms with Crippen LogP contribution in [0.4, 0.5) is 5.82 Å². The number of nitrogens with two attached hydrogens (primary N) is 1. The molecule has 32 heavy (non-hydrogen) atoms. The molecule has 9 nitrogen and oxygen atoms in total. The minimum atomic E-state index is -0.709. The fraction of sp³-hybridized carbons (Fsp3) is 0.273. The maximum Gasteiger partial charge on any atom is 0.306 e. The molecule has 4 aromatic heterocycles. The Balaban J connectivity index is 1.51. The molecule has 160 valence electrons. The number of pyridine rings is 1. The number of nitrogens with zero attached hydrogens (tertiary/aromatic N) is 6. The van der Waals surface area contributed by atoms with Gasteiger partial charge in [0.2, 0.25) is 0 Å². The standard InChI is InChI=1S/C22H22BN7O2/c23-18-19(12-1-3-13(4-2-12)22(31)32)29-21-16(10-28-30(21)20(18)24)14-5-6-17(27-9-14)15-7-25-11-26-8-15/h5-13H,1-4,23-24H2,(H,31,32)/t12-,13-. The first kappa shape index (κ1) is 20.1. The molecule has 1 saturated carbocycles. The molecule has 0 bridgehead atoms. The van der Waals surface area contributed by atoms with Crippen LogP contribution in [0.3, 0.4) is 0 Å². The Morgan fingerprint density at radius 1 is 1.06 bits per heavy atom. The van der Waals surface area contributed by atoms with Gasteiger partial charge in [0.1, 0.15) is 20.0 Å². The van der Waals surface area contributed by atoms with Gasteiger partial charge in [-0.3, -0.25) is 9.78 Å². The molecule has 10 heteroatoms. The summed E-state index contributed by atoms with van der Waals surface area (Å²) in [6, 6.07) is 3.89. The van der Waals surface area contributed by atoms with E-state index in [-0.39, 0.29) is 11.8 Å². The summed E-state index contributed by atoms with van der Waals surface area (Å²) in [5.41, 5.74) is 12.3. The first-order valence-corrected chi connectivity index (χ1v) is 10.6. The van der Waals surface area contributed by atoms with Crippen molar-refractivity contribution in [3.63, 3.8) is 0 Å². The van der Waals surface area contributed by atoms with Gasteiger partial charge in [0.15, 0.2) is 5.65 Å². The molecule has 4 heterocycles. The second kappa shape index (κ2) is 8.03. The van der Waals surface area contributed by atoms with E-state index in [0.29, 0.717) is 24.3 Å². The minimum absolute atomic E-state index is 0.194. The molecule has 0 radical (unpaired) electrons. The summed E-state index contributed by atoms with van der Waals surface area (Å²) in [6.45, 7) is 0. The topological polar surface area (TPSA) is 132 Å². The summed E-state index contributed by atoms with van der Waals surface area (Å²) in [5, 5.41) is 13.8. The fourth-order valence-electron chi connectivity index (χ4n) is 4.48. The molecule has 1 aliphatic rings. The van der Waals surface area contributed by atoms with E-state index in [1.54, 1.807) is 29.3 Å². The number of hydrogen-bond donors (Lipinski definition) is 2. The smallest absolute Gasteiger partial charge is 0.306 e. The predicted octanol–water partition coefficient (Wildman–Crippen LogP) is 1.45. The van der Waals surface area contributed by atoms with Crippen LogP contribution in [-0.2, 0) is 4.79 Å². The lowest BCUT2D eigenvalue weighted by atomic mass is 9.77. The zero-order chi connectivity index (χ0) is 22.2. The molecule has 1 fully saturated rings. The van der Waals surface area contributed by atoms with Crippen LogP contribution in [0.1, 0.15) is 37.3 Å². The van der Waals surface area contributed by atoms with Crippen molar-refractivity contribution in [3.05, 3.63) is 48.9 Å². The number of carboxylic acid groups (broad SMARTS) is 1. The summed E-state index contributed by atoms with van der Waals surface area (Å²) in [6.07, 6.45) is 11.4. The molecular weight excluding hydrogens is 405 g/mol. The van der Waals surface area contributed by atoms with Crippen LogP contribution in [-0.4, -0.2) is 48.5 Å². The molecular formula is C22H22BN7O2. The van der Waals surface area contributed by atoms with E-state index in [1.807, 2.05) is 20.0 Å². The van der Waals surface area contributed by atoms with Crippen LogP contribution in [0, 0.1) is 5.92 Å². The number of anilines is 1. The molecule has 0 spiro atoms. The monoisotopic (exact) mass is 427 g/mol. The third-order valence-electron chi connectivity index (χ3n) is 6.36. The highest BCUT2D eigenvalue weighted by atomic mass is 16.4. The van der Waals surface area contributed by atoms with Gasteiger partial charge in [-0.05, 0) is 37.2 Å². The Morgan fingerprint density at radius 2 is 1.81 bits per heavy atom. The molecule has 0 amide bonds. The summed E-state index contributed by atoms with van der Waals surface area (Å²) in [5.74, 6) is -0.223. The number of carboxylic acids is 1. The maximum atomic E-state index is 11.3. The average molecular weight is 427 g/mol. The van der Waals surface area contributed by atoms with E-state index >= 15 is 0 Å². The van der Waals surface area contributed by atoms with Crippen molar-refractivity contribution < 1.29 is 9.90 Å².